The quantitative estimate of drug-likeness (QED) is 0.683. The van der Waals surface area contributed by atoms with E-state index in [2.05, 4.69) is 27.1 Å². The lowest BCUT2D eigenvalue weighted by Crippen LogP contribution is -2.09. The molecule has 0 unspecified atom stereocenters. The average molecular weight is 215 g/mol. The van der Waals surface area contributed by atoms with E-state index in [-0.39, 0.29) is 0 Å². The Bertz CT molecular complexity index is 467. The van der Waals surface area contributed by atoms with E-state index in [0.29, 0.717) is 6.04 Å². The van der Waals surface area contributed by atoms with E-state index in [1.807, 2.05) is 12.1 Å². The average Bonchev–Trinajstić information content (AvgIpc) is 2.57. The number of nitrogens with zero attached hydrogens (tertiary/aromatic N) is 3. The van der Waals surface area contributed by atoms with Gasteiger partial charge in [-0.05, 0) is 25.0 Å². The van der Waals surface area contributed by atoms with E-state index in [0.717, 1.165) is 5.52 Å². The predicted molar refractivity (Wildman–Crippen MR) is 64.3 cm³/mol. The second-order valence-electron chi connectivity index (χ2n) is 4.67. The van der Waals surface area contributed by atoms with Gasteiger partial charge < -0.3 is 0 Å². The van der Waals surface area contributed by atoms with Crippen LogP contribution in [0.5, 0.6) is 0 Å². The van der Waals surface area contributed by atoms with Crippen LogP contribution in [0.25, 0.3) is 11.0 Å². The van der Waals surface area contributed by atoms with Crippen molar-refractivity contribution < 1.29 is 0 Å². The number of aromatic nitrogens is 3. The molecule has 0 N–H and O–H groups in total. The van der Waals surface area contributed by atoms with Crippen molar-refractivity contribution >= 4 is 11.0 Å². The summed E-state index contributed by atoms with van der Waals surface area (Å²) in [5.74, 6) is 0. The molecule has 3 heteroatoms. The summed E-state index contributed by atoms with van der Waals surface area (Å²) in [5, 5.41) is 8.56. The lowest BCUT2D eigenvalue weighted by atomic mass is 10.1. The lowest BCUT2D eigenvalue weighted by Gasteiger charge is -2.14. The first kappa shape index (κ1) is 9.82. The van der Waals surface area contributed by atoms with Crippen LogP contribution in [0.4, 0.5) is 0 Å². The number of hydrogen-bond acceptors (Lipinski definition) is 2. The van der Waals surface area contributed by atoms with Gasteiger partial charge in [-0.25, -0.2) is 4.68 Å². The Balaban J connectivity index is 1.97. The highest BCUT2D eigenvalue weighted by Gasteiger charge is 2.17. The molecule has 0 amide bonds. The minimum atomic E-state index is 0.565. The molecule has 1 fully saturated rings. The van der Waals surface area contributed by atoms with Crippen molar-refractivity contribution in [3.8, 4) is 0 Å². The topological polar surface area (TPSA) is 30.7 Å². The Labute approximate surface area is 95.5 Å². The fourth-order valence-corrected chi connectivity index (χ4v) is 2.66. The highest BCUT2D eigenvalue weighted by molar-refractivity contribution is 5.73. The second kappa shape index (κ2) is 4.24. The van der Waals surface area contributed by atoms with E-state index < -0.39 is 0 Å². The molecule has 84 valence electrons. The van der Waals surface area contributed by atoms with Gasteiger partial charge in [-0.15, -0.1) is 5.10 Å². The molecular weight excluding hydrogens is 198 g/mol. The highest BCUT2D eigenvalue weighted by atomic mass is 15.4. The maximum atomic E-state index is 4.33. The fourth-order valence-electron chi connectivity index (χ4n) is 2.66. The molecule has 0 atom stereocenters. The van der Waals surface area contributed by atoms with Crippen molar-refractivity contribution in [2.24, 2.45) is 0 Å². The molecule has 16 heavy (non-hydrogen) atoms. The Hall–Kier alpha value is -1.38. The van der Waals surface area contributed by atoms with E-state index in [1.165, 1.54) is 44.0 Å². The van der Waals surface area contributed by atoms with Crippen LogP contribution in [-0.2, 0) is 0 Å². The summed E-state index contributed by atoms with van der Waals surface area (Å²) in [7, 11) is 0. The molecule has 1 aliphatic carbocycles. The molecule has 1 aromatic heterocycles. The predicted octanol–water partition coefficient (Wildman–Crippen LogP) is 3.33. The van der Waals surface area contributed by atoms with Crippen LogP contribution in [0, 0.1) is 0 Å². The first-order chi connectivity index (χ1) is 7.95. The summed E-state index contributed by atoms with van der Waals surface area (Å²) in [5.41, 5.74) is 2.21. The van der Waals surface area contributed by atoms with Crippen molar-refractivity contribution in [2.75, 3.05) is 0 Å². The van der Waals surface area contributed by atoms with Gasteiger partial charge in [-0.3, -0.25) is 0 Å². The monoisotopic (exact) mass is 215 g/mol. The Morgan fingerprint density at radius 1 is 1.00 bits per heavy atom. The molecule has 0 radical (unpaired) electrons. The summed E-state index contributed by atoms with van der Waals surface area (Å²) in [6.45, 7) is 0. The van der Waals surface area contributed by atoms with Crippen LogP contribution >= 0.6 is 0 Å². The van der Waals surface area contributed by atoms with Gasteiger partial charge >= 0.3 is 0 Å². The maximum absolute atomic E-state index is 4.33. The lowest BCUT2D eigenvalue weighted by molar-refractivity contribution is 0.407. The Morgan fingerprint density at radius 3 is 2.56 bits per heavy atom. The summed E-state index contributed by atoms with van der Waals surface area (Å²) in [6, 6.07) is 8.82. The molecule has 3 nitrogen and oxygen atoms in total. The number of benzene rings is 1. The minimum absolute atomic E-state index is 0.565. The molecule has 3 rings (SSSR count). The first-order valence-corrected chi connectivity index (χ1v) is 6.25. The molecule has 0 aliphatic heterocycles. The van der Waals surface area contributed by atoms with Gasteiger partial charge in [0, 0.05) is 0 Å². The second-order valence-corrected chi connectivity index (χ2v) is 4.67. The molecule has 1 aromatic carbocycles. The third-order valence-corrected chi connectivity index (χ3v) is 3.55. The van der Waals surface area contributed by atoms with Gasteiger partial charge in [0.15, 0.2) is 0 Å². The largest absolute Gasteiger partial charge is 0.242 e. The summed E-state index contributed by atoms with van der Waals surface area (Å²) in [4.78, 5) is 0. The van der Waals surface area contributed by atoms with Crippen molar-refractivity contribution in [3.05, 3.63) is 24.3 Å². The molecule has 0 saturated heterocycles. The fraction of sp³-hybridized carbons (Fsp3) is 0.538. The van der Waals surface area contributed by atoms with Crippen LogP contribution < -0.4 is 0 Å². The summed E-state index contributed by atoms with van der Waals surface area (Å²) >= 11 is 0. The Kier molecular flexibility index (Phi) is 2.60. The molecule has 2 aromatic rings. The first-order valence-electron chi connectivity index (χ1n) is 6.25. The van der Waals surface area contributed by atoms with E-state index in [9.17, 15) is 0 Å². The number of para-hydroxylation sites is 1. The molecule has 0 bridgehead atoms. The van der Waals surface area contributed by atoms with Crippen molar-refractivity contribution in [2.45, 2.75) is 44.6 Å². The van der Waals surface area contributed by atoms with Gasteiger partial charge in [0.1, 0.15) is 5.52 Å². The normalized spacial score (nSPS) is 18.8. The summed E-state index contributed by atoms with van der Waals surface area (Å²) < 4.78 is 2.14. The number of rotatable bonds is 1. The van der Waals surface area contributed by atoms with Crippen molar-refractivity contribution in [1.29, 1.82) is 0 Å². The van der Waals surface area contributed by atoms with Crippen LogP contribution in [0.15, 0.2) is 24.3 Å². The van der Waals surface area contributed by atoms with Crippen molar-refractivity contribution in [1.82, 2.24) is 15.0 Å². The van der Waals surface area contributed by atoms with E-state index in [4.69, 9.17) is 0 Å². The third kappa shape index (κ3) is 1.70. The molecule has 1 heterocycles. The van der Waals surface area contributed by atoms with Gasteiger partial charge in [-0.2, -0.15) is 0 Å². The zero-order valence-corrected chi connectivity index (χ0v) is 9.47. The zero-order chi connectivity index (χ0) is 10.8. The van der Waals surface area contributed by atoms with E-state index in [1.54, 1.807) is 0 Å². The van der Waals surface area contributed by atoms with Gasteiger partial charge in [-0.1, -0.05) is 43.0 Å². The zero-order valence-electron chi connectivity index (χ0n) is 9.47. The van der Waals surface area contributed by atoms with Crippen LogP contribution in [0.1, 0.15) is 44.6 Å². The summed E-state index contributed by atoms with van der Waals surface area (Å²) in [6.07, 6.45) is 7.94. The molecule has 1 aliphatic rings. The Morgan fingerprint density at radius 2 is 1.75 bits per heavy atom. The highest BCUT2D eigenvalue weighted by Crippen LogP contribution is 2.28. The van der Waals surface area contributed by atoms with Crippen molar-refractivity contribution in [3.63, 3.8) is 0 Å². The SMILES string of the molecule is c1ccc2c(c1)nnn2C1CCCCCC1. The number of hydrogen-bond donors (Lipinski definition) is 0. The van der Waals surface area contributed by atoms with Gasteiger partial charge in [0.2, 0.25) is 0 Å². The van der Waals surface area contributed by atoms with Crippen LogP contribution in [0.2, 0.25) is 0 Å². The number of fused-ring (bicyclic) bond motifs is 1. The van der Waals surface area contributed by atoms with Gasteiger partial charge in [0.05, 0.1) is 11.6 Å². The van der Waals surface area contributed by atoms with Gasteiger partial charge in [0.25, 0.3) is 0 Å². The smallest absolute Gasteiger partial charge is 0.113 e. The van der Waals surface area contributed by atoms with E-state index >= 15 is 0 Å². The van der Waals surface area contributed by atoms with Crippen LogP contribution in [0.3, 0.4) is 0 Å². The molecule has 0 spiro atoms. The molecule has 1 saturated carbocycles. The van der Waals surface area contributed by atoms with Crippen LogP contribution in [-0.4, -0.2) is 15.0 Å². The minimum Gasteiger partial charge on any atom is -0.242 e. The third-order valence-electron chi connectivity index (χ3n) is 3.55. The maximum Gasteiger partial charge on any atom is 0.113 e. The molecular formula is C13H17N3. The standard InChI is InChI=1S/C13H17N3/c1-2-4-8-11(7-3-1)16-13-10-6-5-9-12(13)14-15-16/h5-6,9-11H,1-4,7-8H2.